The fourth-order valence-corrected chi connectivity index (χ4v) is 3.01. The highest BCUT2D eigenvalue weighted by atomic mass is 35.5. The Labute approximate surface area is 129 Å². The monoisotopic (exact) mass is 306 g/mol. The number of likely N-dealkylation sites (tertiary alicyclic amines) is 1. The molecule has 1 aliphatic carbocycles. The SMILES string of the molecule is O=C(NC1CC1)C1CCCN1C(=O)C(Cl)c1ccccc1. The number of hydrogen-bond acceptors (Lipinski definition) is 2. The second-order valence-electron chi connectivity index (χ2n) is 5.75. The maximum absolute atomic E-state index is 12.6. The highest BCUT2D eigenvalue weighted by Crippen LogP contribution is 2.28. The summed E-state index contributed by atoms with van der Waals surface area (Å²) in [5, 5.41) is 2.26. The first-order chi connectivity index (χ1) is 10.2. The van der Waals surface area contributed by atoms with E-state index in [-0.39, 0.29) is 17.9 Å². The van der Waals surface area contributed by atoms with Gasteiger partial charge in [0.2, 0.25) is 11.8 Å². The third kappa shape index (κ3) is 3.21. The Morgan fingerprint density at radius 3 is 2.57 bits per heavy atom. The summed E-state index contributed by atoms with van der Waals surface area (Å²) in [7, 11) is 0. The van der Waals surface area contributed by atoms with Crippen molar-refractivity contribution in [3.63, 3.8) is 0 Å². The fraction of sp³-hybridized carbons (Fsp3) is 0.500. The second-order valence-corrected chi connectivity index (χ2v) is 6.18. The third-order valence-corrected chi connectivity index (χ3v) is 4.51. The molecule has 1 heterocycles. The van der Waals surface area contributed by atoms with Gasteiger partial charge in [-0.3, -0.25) is 9.59 Å². The Balaban J connectivity index is 1.69. The Morgan fingerprint density at radius 2 is 1.90 bits per heavy atom. The number of alkyl halides is 1. The van der Waals surface area contributed by atoms with Crippen molar-refractivity contribution in [2.45, 2.75) is 43.1 Å². The molecule has 1 aliphatic heterocycles. The van der Waals surface area contributed by atoms with E-state index in [0.29, 0.717) is 12.6 Å². The van der Waals surface area contributed by atoms with E-state index in [1.54, 1.807) is 4.90 Å². The van der Waals surface area contributed by atoms with Crippen molar-refractivity contribution in [3.8, 4) is 0 Å². The van der Waals surface area contributed by atoms with Gasteiger partial charge in [0.05, 0.1) is 0 Å². The van der Waals surface area contributed by atoms with Gasteiger partial charge in [0.15, 0.2) is 0 Å². The first kappa shape index (κ1) is 14.4. The van der Waals surface area contributed by atoms with Gasteiger partial charge in [-0.05, 0) is 31.2 Å². The van der Waals surface area contributed by atoms with Crippen LogP contribution in [0.25, 0.3) is 0 Å². The number of hydrogen-bond donors (Lipinski definition) is 1. The van der Waals surface area contributed by atoms with Gasteiger partial charge in [-0.2, -0.15) is 0 Å². The molecule has 0 bridgehead atoms. The number of halogens is 1. The van der Waals surface area contributed by atoms with Gasteiger partial charge in [-0.1, -0.05) is 30.3 Å². The molecule has 0 aromatic heterocycles. The van der Waals surface area contributed by atoms with Crippen molar-refractivity contribution in [1.82, 2.24) is 10.2 Å². The van der Waals surface area contributed by atoms with E-state index in [4.69, 9.17) is 11.6 Å². The van der Waals surface area contributed by atoms with E-state index in [1.807, 2.05) is 30.3 Å². The average molecular weight is 307 g/mol. The van der Waals surface area contributed by atoms with Crippen LogP contribution in [0.4, 0.5) is 0 Å². The van der Waals surface area contributed by atoms with Gasteiger partial charge in [0.25, 0.3) is 0 Å². The van der Waals surface area contributed by atoms with Crippen LogP contribution < -0.4 is 5.32 Å². The van der Waals surface area contributed by atoms with E-state index in [9.17, 15) is 9.59 Å². The van der Waals surface area contributed by atoms with Crippen LogP contribution in [0.3, 0.4) is 0 Å². The lowest BCUT2D eigenvalue weighted by molar-refractivity contribution is -0.138. The normalized spacial score (nSPS) is 22.9. The lowest BCUT2D eigenvalue weighted by Gasteiger charge is -2.26. The summed E-state index contributed by atoms with van der Waals surface area (Å²) < 4.78 is 0. The summed E-state index contributed by atoms with van der Waals surface area (Å²) in [5.41, 5.74) is 0.775. The largest absolute Gasteiger partial charge is 0.352 e. The molecule has 2 aliphatic rings. The molecule has 3 rings (SSSR count). The molecular weight excluding hydrogens is 288 g/mol. The number of amides is 2. The molecule has 1 aromatic carbocycles. The summed E-state index contributed by atoms with van der Waals surface area (Å²) in [5.74, 6) is -0.198. The van der Waals surface area contributed by atoms with Crippen molar-refractivity contribution in [2.24, 2.45) is 0 Å². The molecule has 0 radical (unpaired) electrons. The van der Waals surface area contributed by atoms with E-state index in [0.717, 1.165) is 31.2 Å². The molecule has 2 atom stereocenters. The first-order valence-electron chi connectivity index (χ1n) is 7.46. The summed E-state index contributed by atoms with van der Waals surface area (Å²) in [6.45, 7) is 0.609. The lowest BCUT2D eigenvalue weighted by atomic mass is 10.1. The molecule has 1 saturated heterocycles. The van der Waals surface area contributed by atoms with E-state index in [1.165, 1.54) is 0 Å². The maximum atomic E-state index is 12.6. The molecule has 1 aromatic rings. The predicted octanol–water partition coefficient (Wildman–Crippen LogP) is 2.24. The van der Waals surface area contributed by atoms with Gasteiger partial charge in [0.1, 0.15) is 11.4 Å². The minimum Gasteiger partial charge on any atom is -0.352 e. The van der Waals surface area contributed by atoms with E-state index in [2.05, 4.69) is 5.32 Å². The van der Waals surface area contributed by atoms with Crippen LogP contribution in [-0.4, -0.2) is 35.3 Å². The fourth-order valence-electron chi connectivity index (χ4n) is 2.74. The zero-order valence-electron chi connectivity index (χ0n) is 11.8. The van der Waals surface area contributed by atoms with Crippen LogP contribution in [0.5, 0.6) is 0 Å². The standard InChI is InChI=1S/C16H19ClN2O2/c17-14(11-5-2-1-3-6-11)16(21)19-10-4-7-13(19)15(20)18-12-8-9-12/h1-3,5-6,12-14H,4,7-10H2,(H,18,20). The number of nitrogens with one attached hydrogen (secondary N) is 1. The van der Waals surface area contributed by atoms with Crippen molar-refractivity contribution in [2.75, 3.05) is 6.54 Å². The van der Waals surface area contributed by atoms with Crippen LogP contribution in [0.15, 0.2) is 30.3 Å². The van der Waals surface area contributed by atoms with Crippen molar-refractivity contribution in [1.29, 1.82) is 0 Å². The summed E-state index contributed by atoms with van der Waals surface area (Å²) in [4.78, 5) is 26.4. The molecule has 2 fully saturated rings. The van der Waals surface area contributed by atoms with Gasteiger partial charge in [-0.25, -0.2) is 0 Å². The molecule has 112 valence electrons. The number of carbonyl (C=O) groups excluding carboxylic acids is 2. The molecule has 1 N–H and O–H groups in total. The Bertz CT molecular complexity index is 530. The van der Waals surface area contributed by atoms with Crippen LogP contribution in [-0.2, 0) is 9.59 Å². The van der Waals surface area contributed by atoms with Gasteiger partial charge < -0.3 is 10.2 Å². The van der Waals surface area contributed by atoms with Crippen LogP contribution >= 0.6 is 11.6 Å². The summed E-state index contributed by atoms with van der Waals surface area (Å²) in [6.07, 6.45) is 3.68. The highest BCUT2D eigenvalue weighted by Gasteiger charge is 2.38. The zero-order valence-corrected chi connectivity index (χ0v) is 12.6. The highest BCUT2D eigenvalue weighted by molar-refractivity contribution is 6.30. The Morgan fingerprint density at radius 1 is 1.19 bits per heavy atom. The molecular formula is C16H19ClN2O2. The van der Waals surface area contributed by atoms with Crippen molar-refractivity contribution >= 4 is 23.4 Å². The van der Waals surface area contributed by atoms with E-state index < -0.39 is 5.38 Å². The number of nitrogens with zero attached hydrogens (tertiary/aromatic N) is 1. The molecule has 2 unspecified atom stereocenters. The second kappa shape index (κ2) is 6.06. The minimum absolute atomic E-state index is 0.0275. The molecule has 2 amide bonds. The van der Waals surface area contributed by atoms with E-state index >= 15 is 0 Å². The van der Waals surface area contributed by atoms with Crippen LogP contribution in [0.1, 0.15) is 36.6 Å². The average Bonchev–Trinajstić information content (AvgIpc) is 3.18. The minimum atomic E-state index is -0.722. The van der Waals surface area contributed by atoms with Crippen molar-refractivity contribution < 1.29 is 9.59 Å². The lowest BCUT2D eigenvalue weighted by Crippen LogP contribution is -2.47. The Kier molecular flexibility index (Phi) is 4.15. The molecule has 5 heteroatoms. The quantitative estimate of drug-likeness (QED) is 0.867. The molecule has 21 heavy (non-hydrogen) atoms. The third-order valence-electron chi connectivity index (χ3n) is 4.07. The number of rotatable bonds is 4. The predicted molar refractivity (Wildman–Crippen MR) is 80.9 cm³/mol. The van der Waals surface area contributed by atoms with Crippen LogP contribution in [0.2, 0.25) is 0 Å². The van der Waals surface area contributed by atoms with Crippen molar-refractivity contribution in [3.05, 3.63) is 35.9 Å². The molecule has 4 nitrogen and oxygen atoms in total. The summed E-state index contributed by atoms with van der Waals surface area (Å²) >= 11 is 6.30. The van der Waals surface area contributed by atoms with Gasteiger partial charge >= 0.3 is 0 Å². The maximum Gasteiger partial charge on any atom is 0.245 e. The number of carbonyl (C=O) groups is 2. The molecule has 0 spiro atoms. The molecule has 1 saturated carbocycles. The van der Waals surface area contributed by atoms with Gasteiger partial charge in [-0.15, -0.1) is 11.6 Å². The zero-order chi connectivity index (χ0) is 14.8. The summed E-state index contributed by atoms with van der Waals surface area (Å²) in [6, 6.07) is 9.24. The topological polar surface area (TPSA) is 49.4 Å². The Hall–Kier alpha value is -1.55. The van der Waals surface area contributed by atoms with Crippen LogP contribution in [0, 0.1) is 0 Å². The number of benzene rings is 1. The van der Waals surface area contributed by atoms with Gasteiger partial charge in [0, 0.05) is 12.6 Å². The first-order valence-corrected chi connectivity index (χ1v) is 7.90. The smallest absolute Gasteiger partial charge is 0.245 e.